The monoisotopic (exact) mass is 309 g/mol. The van der Waals surface area contributed by atoms with E-state index in [0.29, 0.717) is 43.3 Å². The van der Waals surface area contributed by atoms with Crippen LogP contribution in [0.4, 0.5) is 0 Å². The maximum Gasteiger partial charge on any atom is 0.307 e. The average Bonchev–Trinajstić information content (AvgIpc) is 2.91. The van der Waals surface area contributed by atoms with E-state index in [1.165, 1.54) is 0 Å². The fourth-order valence-electron chi connectivity index (χ4n) is 2.79. The van der Waals surface area contributed by atoms with Gasteiger partial charge in [-0.25, -0.2) is 0 Å². The second kappa shape index (κ2) is 5.66. The molecule has 21 heavy (non-hydrogen) atoms. The van der Waals surface area contributed by atoms with Gasteiger partial charge in [-0.15, -0.1) is 0 Å². The lowest BCUT2D eigenvalue weighted by molar-refractivity contribution is -0.168. The fourth-order valence-corrected chi connectivity index (χ4v) is 2.92. The summed E-state index contributed by atoms with van der Waals surface area (Å²) in [6, 6.07) is 6.91. The number of cyclic esters (lactones) is 1. The van der Waals surface area contributed by atoms with Crippen molar-refractivity contribution >= 4 is 23.5 Å². The Morgan fingerprint density at radius 1 is 1.19 bits per heavy atom. The Labute approximate surface area is 127 Å². The van der Waals surface area contributed by atoms with Crippen LogP contribution in [0.3, 0.4) is 0 Å². The lowest BCUT2D eigenvalue weighted by atomic mass is 9.89. The van der Waals surface area contributed by atoms with Gasteiger partial charge in [-0.05, 0) is 12.1 Å². The van der Waals surface area contributed by atoms with Crippen LogP contribution in [0.25, 0.3) is 0 Å². The van der Waals surface area contributed by atoms with Gasteiger partial charge in [-0.1, -0.05) is 23.7 Å². The summed E-state index contributed by atoms with van der Waals surface area (Å²) >= 11 is 5.90. The van der Waals surface area contributed by atoms with E-state index in [9.17, 15) is 9.59 Å². The molecule has 0 aliphatic carbocycles. The molecule has 2 aliphatic rings. The number of amides is 1. The number of benzene rings is 1. The third kappa shape index (κ3) is 2.63. The van der Waals surface area contributed by atoms with Gasteiger partial charge in [0.1, 0.15) is 0 Å². The molecule has 2 fully saturated rings. The number of halogens is 1. The van der Waals surface area contributed by atoms with Gasteiger partial charge in [-0.2, -0.15) is 0 Å². The van der Waals surface area contributed by atoms with Crippen LogP contribution in [-0.4, -0.2) is 43.1 Å². The second-order valence-electron chi connectivity index (χ2n) is 5.21. The van der Waals surface area contributed by atoms with E-state index < -0.39 is 5.60 Å². The highest BCUT2D eigenvalue weighted by Crippen LogP contribution is 2.39. The largest absolute Gasteiger partial charge is 0.444 e. The summed E-state index contributed by atoms with van der Waals surface area (Å²) in [5, 5.41) is 0.581. The van der Waals surface area contributed by atoms with Crippen LogP contribution in [0, 0.1) is 0 Å². The topological polar surface area (TPSA) is 55.8 Å². The highest BCUT2D eigenvalue weighted by atomic mass is 35.5. The van der Waals surface area contributed by atoms with Crippen molar-refractivity contribution in [1.82, 2.24) is 4.90 Å². The number of hydrogen-bond donors (Lipinski definition) is 0. The van der Waals surface area contributed by atoms with Crippen LogP contribution in [0.2, 0.25) is 5.02 Å². The Bertz CT molecular complexity index is 553. The number of ether oxygens (including phenoxy) is 2. The summed E-state index contributed by atoms with van der Waals surface area (Å²) in [5.74, 6) is -0.509. The molecule has 112 valence electrons. The first-order chi connectivity index (χ1) is 10.1. The van der Waals surface area contributed by atoms with Crippen molar-refractivity contribution < 1.29 is 19.1 Å². The van der Waals surface area contributed by atoms with Gasteiger partial charge >= 0.3 is 5.97 Å². The van der Waals surface area contributed by atoms with Crippen molar-refractivity contribution in [2.75, 3.05) is 26.3 Å². The van der Waals surface area contributed by atoms with Gasteiger partial charge in [-0.3, -0.25) is 9.59 Å². The number of hydrogen-bond acceptors (Lipinski definition) is 4. The normalized spacial score (nSPS) is 25.8. The fraction of sp³-hybridized carbons (Fsp3) is 0.467. The summed E-state index contributed by atoms with van der Waals surface area (Å²) < 4.78 is 10.7. The van der Waals surface area contributed by atoms with Gasteiger partial charge in [0.25, 0.3) is 5.91 Å². The highest BCUT2D eigenvalue weighted by Gasteiger charge is 2.50. The summed E-state index contributed by atoms with van der Waals surface area (Å²) in [5.41, 5.74) is -0.534. The number of esters is 1. The molecule has 1 amide bonds. The van der Waals surface area contributed by atoms with E-state index in [1.54, 1.807) is 29.2 Å². The summed E-state index contributed by atoms with van der Waals surface area (Å²) in [6.07, 6.45) is 0.613. The minimum Gasteiger partial charge on any atom is -0.444 e. The standard InChI is InChI=1S/C15H16ClNO4/c16-12-3-1-11(2-4-12)15(6-5-13(18)21-15)14(19)17-7-9-20-10-8-17/h1-4H,5-10H2. The molecule has 1 aromatic carbocycles. The maximum absolute atomic E-state index is 12.9. The first-order valence-electron chi connectivity index (χ1n) is 6.97. The predicted molar refractivity (Wildman–Crippen MR) is 75.9 cm³/mol. The molecule has 5 nitrogen and oxygen atoms in total. The van der Waals surface area contributed by atoms with Gasteiger partial charge in [0.15, 0.2) is 0 Å². The van der Waals surface area contributed by atoms with Crippen molar-refractivity contribution in [3.8, 4) is 0 Å². The highest BCUT2D eigenvalue weighted by molar-refractivity contribution is 6.30. The Hall–Kier alpha value is -1.59. The third-order valence-corrected chi connectivity index (χ3v) is 4.18. The van der Waals surface area contributed by atoms with Crippen LogP contribution < -0.4 is 0 Å². The molecule has 1 unspecified atom stereocenters. The van der Waals surface area contributed by atoms with Gasteiger partial charge in [0.2, 0.25) is 5.60 Å². The van der Waals surface area contributed by atoms with Gasteiger partial charge in [0.05, 0.1) is 19.6 Å². The van der Waals surface area contributed by atoms with E-state index in [2.05, 4.69) is 0 Å². The van der Waals surface area contributed by atoms with Crippen LogP contribution >= 0.6 is 11.6 Å². The molecule has 0 spiro atoms. The third-order valence-electron chi connectivity index (χ3n) is 3.92. The summed E-state index contributed by atoms with van der Waals surface area (Å²) in [6.45, 7) is 2.06. The molecule has 1 aromatic rings. The SMILES string of the molecule is O=C1CCC(C(=O)N2CCOCC2)(c2ccc(Cl)cc2)O1. The molecule has 6 heteroatoms. The molecular formula is C15H16ClNO4. The van der Waals surface area contributed by atoms with Crippen molar-refractivity contribution in [2.24, 2.45) is 0 Å². The molecule has 2 saturated heterocycles. The number of nitrogens with zero attached hydrogens (tertiary/aromatic N) is 1. The Kier molecular flexibility index (Phi) is 3.87. The maximum atomic E-state index is 12.9. The number of morpholine rings is 1. The number of carbonyl (C=O) groups excluding carboxylic acids is 2. The van der Waals surface area contributed by atoms with E-state index in [4.69, 9.17) is 21.1 Å². The van der Waals surface area contributed by atoms with Crippen LogP contribution in [0.5, 0.6) is 0 Å². The van der Waals surface area contributed by atoms with E-state index in [0.717, 1.165) is 0 Å². The van der Waals surface area contributed by atoms with E-state index >= 15 is 0 Å². The molecule has 0 N–H and O–H groups in total. The van der Waals surface area contributed by atoms with Crippen molar-refractivity contribution in [2.45, 2.75) is 18.4 Å². The second-order valence-corrected chi connectivity index (χ2v) is 5.65. The summed E-state index contributed by atoms with van der Waals surface area (Å²) in [7, 11) is 0. The van der Waals surface area contributed by atoms with E-state index in [-0.39, 0.29) is 18.3 Å². The molecular weight excluding hydrogens is 294 g/mol. The zero-order chi connectivity index (χ0) is 14.9. The average molecular weight is 310 g/mol. The Morgan fingerprint density at radius 3 is 2.43 bits per heavy atom. The Morgan fingerprint density at radius 2 is 1.86 bits per heavy atom. The molecule has 1 atom stereocenters. The van der Waals surface area contributed by atoms with Crippen molar-refractivity contribution in [3.63, 3.8) is 0 Å². The van der Waals surface area contributed by atoms with Crippen LogP contribution in [-0.2, 0) is 24.7 Å². The zero-order valence-corrected chi connectivity index (χ0v) is 12.3. The van der Waals surface area contributed by atoms with Gasteiger partial charge < -0.3 is 14.4 Å². The molecule has 0 radical (unpaired) electrons. The number of rotatable bonds is 2. The minimum absolute atomic E-state index is 0.168. The van der Waals surface area contributed by atoms with Gasteiger partial charge in [0, 0.05) is 30.1 Å². The van der Waals surface area contributed by atoms with Crippen molar-refractivity contribution in [3.05, 3.63) is 34.9 Å². The molecule has 3 rings (SSSR count). The lowest BCUT2D eigenvalue weighted by Gasteiger charge is -2.35. The van der Waals surface area contributed by atoms with Crippen LogP contribution in [0.1, 0.15) is 18.4 Å². The molecule has 2 heterocycles. The minimum atomic E-state index is -1.21. The Balaban J connectivity index is 1.95. The molecule has 0 bridgehead atoms. The predicted octanol–water partition coefficient (Wildman–Crippen LogP) is 1.73. The molecule has 2 aliphatic heterocycles. The number of carbonyl (C=O) groups is 2. The quantitative estimate of drug-likeness (QED) is 0.781. The van der Waals surface area contributed by atoms with E-state index in [1.807, 2.05) is 0 Å². The first kappa shape index (κ1) is 14.4. The zero-order valence-electron chi connectivity index (χ0n) is 11.5. The van der Waals surface area contributed by atoms with Crippen LogP contribution in [0.15, 0.2) is 24.3 Å². The first-order valence-corrected chi connectivity index (χ1v) is 7.35. The smallest absolute Gasteiger partial charge is 0.307 e. The molecule has 0 aromatic heterocycles. The van der Waals surface area contributed by atoms with Crippen molar-refractivity contribution in [1.29, 1.82) is 0 Å². The molecule has 0 saturated carbocycles. The lowest BCUT2D eigenvalue weighted by Crippen LogP contribution is -2.51. The summed E-state index contributed by atoms with van der Waals surface area (Å²) in [4.78, 5) is 26.3.